The summed E-state index contributed by atoms with van der Waals surface area (Å²) < 4.78 is 2.54. The summed E-state index contributed by atoms with van der Waals surface area (Å²) >= 11 is 1.33. The summed E-state index contributed by atoms with van der Waals surface area (Å²) in [5, 5.41) is 16.9. The average Bonchev–Trinajstić information content (AvgIpc) is 2.66. The first-order chi connectivity index (χ1) is 12.2. The molecule has 0 aliphatic heterocycles. The standard InChI is InChI=1S/C16H12N6O2S/c23-15-11-5-1-3-7-13(11)17-19-21(15)9-25-10-22-16(24)12-6-2-4-8-14(12)18-20-22/h1-8H,9-10H2. The molecular weight excluding hydrogens is 340 g/mol. The fraction of sp³-hybridized carbons (Fsp3) is 0.125. The van der Waals surface area contributed by atoms with Gasteiger partial charge in [-0.25, -0.2) is 9.36 Å². The molecule has 0 radical (unpaired) electrons. The molecule has 25 heavy (non-hydrogen) atoms. The van der Waals surface area contributed by atoms with Crippen LogP contribution in [0.4, 0.5) is 0 Å². The van der Waals surface area contributed by atoms with Crippen molar-refractivity contribution in [1.82, 2.24) is 30.0 Å². The maximum atomic E-state index is 12.4. The smallest absolute Gasteiger partial charge is 0.267 e. The van der Waals surface area contributed by atoms with Gasteiger partial charge in [0.15, 0.2) is 0 Å². The Balaban J connectivity index is 1.55. The quantitative estimate of drug-likeness (QED) is 0.545. The molecule has 2 aromatic carbocycles. The van der Waals surface area contributed by atoms with Gasteiger partial charge < -0.3 is 0 Å². The Morgan fingerprint density at radius 2 is 1.16 bits per heavy atom. The zero-order valence-corrected chi connectivity index (χ0v) is 13.8. The van der Waals surface area contributed by atoms with E-state index >= 15 is 0 Å². The minimum atomic E-state index is -0.213. The van der Waals surface area contributed by atoms with Gasteiger partial charge in [-0.2, -0.15) is 0 Å². The van der Waals surface area contributed by atoms with Crippen LogP contribution in [0.1, 0.15) is 0 Å². The Bertz CT molecular complexity index is 1090. The van der Waals surface area contributed by atoms with Crippen molar-refractivity contribution in [3.8, 4) is 0 Å². The van der Waals surface area contributed by atoms with E-state index in [2.05, 4.69) is 20.6 Å². The minimum Gasteiger partial charge on any atom is -0.267 e. The minimum absolute atomic E-state index is 0.213. The summed E-state index contributed by atoms with van der Waals surface area (Å²) in [4.78, 5) is 24.7. The molecule has 0 bridgehead atoms. The molecule has 4 aromatic rings. The second-order valence-corrected chi connectivity index (χ2v) is 6.21. The molecule has 0 amide bonds. The van der Waals surface area contributed by atoms with Gasteiger partial charge in [0.05, 0.1) is 22.5 Å². The molecule has 4 rings (SSSR count). The van der Waals surface area contributed by atoms with Crippen molar-refractivity contribution in [3.05, 3.63) is 69.2 Å². The largest absolute Gasteiger partial charge is 0.278 e. The molecule has 8 nitrogen and oxygen atoms in total. The third-order valence-electron chi connectivity index (χ3n) is 3.69. The first-order valence-electron chi connectivity index (χ1n) is 7.47. The molecule has 0 N–H and O–H groups in total. The molecule has 0 saturated carbocycles. The number of aromatic nitrogens is 6. The van der Waals surface area contributed by atoms with Crippen LogP contribution in [0.2, 0.25) is 0 Å². The van der Waals surface area contributed by atoms with Crippen LogP contribution in [0.15, 0.2) is 58.1 Å². The van der Waals surface area contributed by atoms with Gasteiger partial charge in [0, 0.05) is 0 Å². The van der Waals surface area contributed by atoms with E-state index in [1.807, 2.05) is 0 Å². The second-order valence-electron chi connectivity index (χ2n) is 5.28. The highest BCUT2D eigenvalue weighted by molar-refractivity contribution is 7.97. The first kappa shape index (κ1) is 15.5. The Hall–Kier alpha value is -3.07. The number of benzene rings is 2. The third-order valence-corrected chi connectivity index (χ3v) is 4.54. The first-order valence-corrected chi connectivity index (χ1v) is 8.62. The van der Waals surface area contributed by atoms with E-state index in [0.29, 0.717) is 21.8 Å². The van der Waals surface area contributed by atoms with Gasteiger partial charge in [-0.1, -0.05) is 34.7 Å². The molecule has 2 heterocycles. The summed E-state index contributed by atoms with van der Waals surface area (Å²) in [5.74, 6) is 0.523. The number of hydrogen-bond acceptors (Lipinski definition) is 7. The Labute approximate surface area is 145 Å². The normalized spacial score (nSPS) is 11.2. The molecule has 0 fully saturated rings. The predicted octanol–water partition coefficient (Wildman–Crippen LogP) is 1.24. The highest BCUT2D eigenvalue weighted by Crippen LogP contribution is 2.09. The lowest BCUT2D eigenvalue weighted by Gasteiger charge is -2.06. The zero-order chi connectivity index (χ0) is 17.2. The summed E-state index contributed by atoms with van der Waals surface area (Å²) in [7, 11) is 0. The van der Waals surface area contributed by atoms with Crippen LogP contribution in [0.25, 0.3) is 21.8 Å². The number of nitrogens with zero attached hydrogens (tertiary/aromatic N) is 6. The van der Waals surface area contributed by atoms with Gasteiger partial charge in [0.2, 0.25) is 0 Å². The van der Waals surface area contributed by atoms with Crippen LogP contribution in [-0.4, -0.2) is 30.0 Å². The maximum absolute atomic E-state index is 12.4. The van der Waals surface area contributed by atoms with Crippen LogP contribution >= 0.6 is 11.8 Å². The molecule has 0 atom stereocenters. The molecule has 2 aromatic heterocycles. The average molecular weight is 352 g/mol. The van der Waals surface area contributed by atoms with Gasteiger partial charge in [-0.05, 0) is 24.3 Å². The van der Waals surface area contributed by atoms with Crippen molar-refractivity contribution >= 4 is 33.6 Å². The van der Waals surface area contributed by atoms with Crippen molar-refractivity contribution in [1.29, 1.82) is 0 Å². The Morgan fingerprint density at radius 1 is 0.720 bits per heavy atom. The van der Waals surface area contributed by atoms with Crippen LogP contribution in [0, 0.1) is 0 Å². The van der Waals surface area contributed by atoms with Crippen molar-refractivity contribution < 1.29 is 0 Å². The fourth-order valence-electron chi connectivity index (χ4n) is 2.43. The summed E-state index contributed by atoms with van der Waals surface area (Å²) in [5.41, 5.74) is 0.695. The van der Waals surface area contributed by atoms with E-state index in [9.17, 15) is 9.59 Å². The van der Waals surface area contributed by atoms with Crippen LogP contribution < -0.4 is 11.1 Å². The fourth-order valence-corrected chi connectivity index (χ4v) is 3.19. The van der Waals surface area contributed by atoms with Gasteiger partial charge in [-0.3, -0.25) is 9.59 Å². The predicted molar refractivity (Wildman–Crippen MR) is 95.2 cm³/mol. The molecule has 9 heteroatoms. The summed E-state index contributed by atoms with van der Waals surface area (Å²) in [6.07, 6.45) is 0. The molecule has 0 unspecified atom stereocenters. The SMILES string of the molecule is O=c1c2ccccc2nnn1CSCn1nnc2ccccc2c1=O. The molecule has 0 aliphatic carbocycles. The number of hydrogen-bond donors (Lipinski definition) is 0. The maximum Gasteiger partial charge on any atom is 0.278 e. The zero-order valence-electron chi connectivity index (χ0n) is 12.9. The Kier molecular flexibility index (Phi) is 3.98. The van der Waals surface area contributed by atoms with Crippen molar-refractivity contribution in [3.63, 3.8) is 0 Å². The third kappa shape index (κ3) is 2.89. The number of fused-ring (bicyclic) bond motifs is 2. The molecule has 0 spiro atoms. The summed E-state index contributed by atoms with van der Waals surface area (Å²) in [6.45, 7) is 0. The topological polar surface area (TPSA) is 95.6 Å². The van der Waals surface area contributed by atoms with Crippen molar-refractivity contribution in [2.75, 3.05) is 0 Å². The van der Waals surface area contributed by atoms with E-state index < -0.39 is 0 Å². The lowest BCUT2D eigenvalue weighted by molar-refractivity contribution is 0.625. The van der Waals surface area contributed by atoms with E-state index in [0.717, 1.165) is 0 Å². The van der Waals surface area contributed by atoms with Crippen LogP contribution in [-0.2, 0) is 11.8 Å². The number of rotatable bonds is 4. The van der Waals surface area contributed by atoms with Gasteiger partial charge in [-0.15, -0.1) is 22.0 Å². The number of thioether (sulfide) groups is 1. The monoisotopic (exact) mass is 352 g/mol. The lowest BCUT2D eigenvalue weighted by Crippen LogP contribution is -2.26. The van der Waals surface area contributed by atoms with E-state index in [4.69, 9.17) is 0 Å². The highest BCUT2D eigenvalue weighted by Gasteiger charge is 2.07. The molecule has 124 valence electrons. The van der Waals surface area contributed by atoms with E-state index in [1.54, 1.807) is 48.5 Å². The molecular formula is C16H12N6O2S. The van der Waals surface area contributed by atoms with Crippen molar-refractivity contribution in [2.24, 2.45) is 0 Å². The molecule has 0 aliphatic rings. The van der Waals surface area contributed by atoms with Crippen molar-refractivity contribution in [2.45, 2.75) is 11.8 Å². The van der Waals surface area contributed by atoms with E-state index in [1.165, 1.54) is 21.1 Å². The van der Waals surface area contributed by atoms with E-state index in [-0.39, 0.29) is 22.9 Å². The van der Waals surface area contributed by atoms with Gasteiger partial charge in [0.1, 0.15) is 11.0 Å². The van der Waals surface area contributed by atoms with Gasteiger partial charge in [0.25, 0.3) is 11.1 Å². The summed E-state index contributed by atoms with van der Waals surface area (Å²) in [6, 6.07) is 14.1. The van der Waals surface area contributed by atoms with Crippen LogP contribution in [0.5, 0.6) is 0 Å². The second kappa shape index (κ2) is 6.44. The molecule has 0 saturated heterocycles. The lowest BCUT2D eigenvalue weighted by atomic mass is 10.2. The highest BCUT2D eigenvalue weighted by atomic mass is 32.2. The van der Waals surface area contributed by atoms with Crippen LogP contribution in [0.3, 0.4) is 0 Å². The van der Waals surface area contributed by atoms with Gasteiger partial charge >= 0.3 is 0 Å². The Morgan fingerprint density at radius 3 is 1.64 bits per heavy atom.